The molecule has 0 amide bonds. The van der Waals surface area contributed by atoms with Crippen molar-refractivity contribution in [1.29, 1.82) is 0 Å². The van der Waals surface area contributed by atoms with Crippen LogP contribution in [0.15, 0.2) is 267 Å². The average Bonchev–Trinajstić information content (AvgIpc) is 3.75. The number of fused-ring (bicyclic) bond motifs is 6. The quantitative estimate of drug-likeness (QED) is 0.138. The van der Waals surface area contributed by atoms with Gasteiger partial charge < -0.3 is 9.47 Å². The molecule has 0 saturated carbocycles. The van der Waals surface area contributed by atoms with Gasteiger partial charge in [-0.05, 0) is 132 Å². The number of aromatic nitrogens is 1. The minimum atomic E-state index is 1.08. The van der Waals surface area contributed by atoms with Crippen LogP contribution in [0.3, 0.4) is 0 Å². The predicted octanol–water partition coefficient (Wildman–Crippen LogP) is 18.4. The first-order valence-corrected chi connectivity index (χ1v) is 23.4. The molecule has 12 aromatic carbocycles. The van der Waals surface area contributed by atoms with Crippen molar-refractivity contribution in [3.63, 3.8) is 0 Å². The molecule has 0 fully saturated rings. The number of anilines is 3. The number of rotatable bonds is 8. The number of nitrogens with zero attached hydrogens (tertiary/aromatic N) is 2. The fourth-order valence-corrected chi connectivity index (χ4v) is 10.7. The fourth-order valence-electron chi connectivity index (χ4n) is 10.7. The molecular formula is C66H44N2. The normalized spacial score (nSPS) is 11.5. The fraction of sp³-hybridized carbons (Fsp3) is 0. The highest BCUT2D eigenvalue weighted by molar-refractivity contribution is 6.22. The van der Waals surface area contributed by atoms with E-state index in [9.17, 15) is 0 Å². The van der Waals surface area contributed by atoms with Gasteiger partial charge in [0.25, 0.3) is 0 Å². The molecule has 0 aliphatic rings. The molecule has 13 aromatic rings. The monoisotopic (exact) mass is 864 g/mol. The van der Waals surface area contributed by atoms with Crippen molar-refractivity contribution in [3.05, 3.63) is 267 Å². The van der Waals surface area contributed by atoms with Gasteiger partial charge >= 0.3 is 0 Å². The lowest BCUT2D eigenvalue weighted by atomic mass is 9.85. The van der Waals surface area contributed by atoms with Crippen molar-refractivity contribution in [3.8, 4) is 50.2 Å². The van der Waals surface area contributed by atoms with E-state index in [0.29, 0.717) is 0 Å². The van der Waals surface area contributed by atoms with Crippen LogP contribution in [-0.2, 0) is 0 Å². The zero-order chi connectivity index (χ0) is 45.0. The maximum Gasteiger partial charge on any atom is 0.0541 e. The van der Waals surface area contributed by atoms with E-state index < -0.39 is 0 Å². The number of benzene rings is 12. The van der Waals surface area contributed by atoms with Crippen molar-refractivity contribution in [2.75, 3.05) is 4.90 Å². The van der Waals surface area contributed by atoms with E-state index in [2.05, 4.69) is 276 Å². The lowest BCUT2D eigenvalue weighted by Crippen LogP contribution is -2.11. The summed E-state index contributed by atoms with van der Waals surface area (Å²) in [6.45, 7) is 0. The van der Waals surface area contributed by atoms with Crippen LogP contribution in [0, 0.1) is 0 Å². The molecule has 0 bridgehead atoms. The Labute approximate surface area is 395 Å². The van der Waals surface area contributed by atoms with Gasteiger partial charge in [-0.25, -0.2) is 0 Å². The van der Waals surface area contributed by atoms with Gasteiger partial charge in [0.2, 0.25) is 0 Å². The Hall–Kier alpha value is -8.98. The van der Waals surface area contributed by atoms with Gasteiger partial charge in [-0.15, -0.1) is 0 Å². The van der Waals surface area contributed by atoms with Crippen molar-refractivity contribution >= 4 is 71.2 Å². The molecule has 2 heteroatoms. The van der Waals surface area contributed by atoms with Gasteiger partial charge in [0.15, 0.2) is 0 Å². The smallest absolute Gasteiger partial charge is 0.0541 e. The highest BCUT2D eigenvalue weighted by Crippen LogP contribution is 2.49. The molecule has 2 nitrogen and oxygen atoms in total. The maximum atomic E-state index is 2.44. The largest absolute Gasteiger partial charge is 0.310 e. The minimum Gasteiger partial charge on any atom is -0.310 e. The SMILES string of the molecule is c1ccc(-c2c3ccccc3c(-c3ccccc3N(c3ccc(-c4ccc5c(c4)c4ccccc4n5-c4ccccc4)cc3)c3ccc(-c4cccc5ccccc45)cc3)c3ccccc23)cc1. The molecule has 13 rings (SSSR count). The molecule has 0 aliphatic carbocycles. The Kier molecular flexibility index (Phi) is 9.54. The highest BCUT2D eigenvalue weighted by Gasteiger charge is 2.23. The molecule has 0 unspecified atom stereocenters. The summed E-state index contributed by atoms with van der Waals surface area (Å²) >= 11 is 0. The Morgan fingerprint density at radius 2 is 0.750 bits per heavy atom. The topological polar surface area (TPSA) is 8.17 Å². The first-order chi connectivity index (χ1) is 33.8. The summed E-state index contributed by atoms with van der Waals surface area (Å²) in [5.74, 6) is 0. The molecule has 0 atom stereocenters. The second kappa shape index (κ2) is 16.5. The predicted molar refractivity (Wildman–Crippen MR) is 290 cm³/mol. The van der Waals surface area contributed by atoms with Crippen LogP contribution in [0.25, 0.3) is 104 Å². The zero-order valence-electron chi connectivity index (χ0n) is 37.3. The van der Waals surface area contributed by atoms with Gasteiger partial charge in [0.1, 0.15) is 0 Å². The van der Waals surface area contributed by atoms with E-state index in [1.54, 1.807) is 0 Å². The minimum absolute atomic E-state index is 1.08. The average molecular weight is 865 g/mol. The Balaban J connectivity index is 0.987. The van der Waals surface area contributed by atoms with Crippen molar-refractivity contribution in [1.82, 2.24) is 4.57 Å². The molecule has 0 N–H and O–H groups in total. The van der Waals surface area contributed by atoms with Crippen LogP contribution in [-0.4, -0.2) is 4.57 Å². The Bertz CT molecular complexity index is 3940. The Morgan fingerprint density at radius 1 is 0.265 bits per heavy atom. The lowest BCUT2D eigenvalue weighted by Gasteiger charge is -2.29. The van der Waals surface area contributed by atoms with E-state index in [1.807, 2.05) is 0 Å². The second-order valence-electron chi connectivity index (χ2n) is 17.6. The van der Waals surface area contributed by atoms with E-state index in [4.69, 9.17) is 0 Å². The van der Waals surface area contributed by atoms with Crippen LogP contribution in [0.5, 0.6) is 0 Å². The van der Waals surface area contributed by atoms with Gasteiger partial charge in [0, 0.05) is 33.4 Å². The van der Waals surface area contributed by atoms with Gasteiger partial charge in [-0.2, -0.15) is 0 Å². The van der Waals surface area contributed by atoms with Gasteiger partial charge in [-0.1, -0.05) is 206 Å². The molecule has 1 aromatic heterocycles. The standard InChI is InChI=1S/C66H44N2/c1-3-19-48(20-4-1)65-56-26-9-11-28-58(56)66(59-29-12-10-27-57(59)65)60-30-14-16-33-63(60)67(52-41-36-47(37-42-52)54-31-17-21-46-18-7-8-24-53(46)54)51-39-34-45(35-40-51)49-38-43-64-61(44-49)55-25-13-15-32-62(55)68(64)50-22-5-2-6-23-50/h1-44H. The van der Waals surface area contributed by atoms with Crippen molar-refractivity contribution in [2.45, 2.75) is 0 Å². The third-order valence-electron chi connectivity index (χ3n) is 13.8. The second-order valence-corrected chi connectivity index (χ2v) is 17.6. The molecule has 318 valence electrons. The van der Waals surface area contributed by atoms with Crippen LogP contribution >= 0.6 is 0 Å². The molecule has 0 aliphatic heterocycles. The van der Waals surface area contributed by atoms with E-state index in [-0.39, 0.29) is 0 Å². The van der Waals surface area contributed by atoms with Crippen LogP contribution in [0.2, 0.25) is 0 Å². The summed E-state index contributed by atoms with van der Waals surface area (Å²) in [5.41, 5.74) is 16.5. The van der Waals surface area contributed by atoms with Crippen molar-refractivity contribution < 1.29 is 0 Å². The van der Waals surface area contributed by atoms with Crippen LogP contribution < -0.4 is 4.90 Å². The summed E-state index contributed by atoms with van der Waals surface area (Å²) in [6, 6.07) is 97.5. The molecule has 0 saturated heterocycles. The molecule has 0 radical (unpaired) electrons. The number of hydrogen-bond donors (Lipinski definition) is 0. The summed E-state index contributed by atoms with van der Waals surface area (Å²) < 4.78 is 2.38. The number of para-hydroxylation sites is 3. The van der Waals surface area contributed by atoms with Gasteiger partial charge in [0.05, 0.1) is 16.7 Å². The molecular weight excluding hydrogens is 821 g/mol. The Morgan fingerprint density at radius 3 is 1.44 bits per heavy atom. The first-order valence-electron chi connectivity index (χ1n) is 23.4. The van der Waals surface area contributed by atoms with E-state index in [0.717, 1.165) is 22.7 Å². The molecule has 0 spiro atoms. The summed E-state index contributed by atoms with van der Waals surface area (Å²) in [5, 5.41) is 9.90. The van der Waals surface area contributed by atoms with E-state index >= 15 is 0 Å². The third-order valence-corrected chi connectivity index (χ3v) is 13.8. The zero-order valence-corrected chi connectivity index (χ0v) is 37.3. The van der Waals surface area contributed by atoms with Gasteiger partial charge in [-0.3, -0.25) is 0 Å². The highest BCUT2D eigenvalue weighted by atomic mass is 15.1. The first kappa shape index (κ1) is 39.4. The van der Waals surface area contributed by atoms with Crippen LogP contribution in [0.4, 0.5) is 17.1 Å². The summed E-state index contributed by atoms with van der Waals surface area (Å²) in [6.07, 6.45) is 0. The molecule has 1 heterocycles. The van der Waals surface area contributed by atoms with E-state index in [1.165, 1.54) is 98.6 Å². The maximum absolute atomic E-state index is 2.44. The number of hydrogen-bond acceptors (Lipinski definition) is 1. The van der Waals surface area contributed by atoms with Crippen molar-refractivity contribution in [2.24, 2.45) is 0 Å². The van der Waals surface area contributed by atoms with Crippen LogP contribution in [0.1, 0.15) is 0 Å². The summed E-state index contributed by atoms with van der Waals surface area (Å²) in [4.78, 5) is 2.44. The lowest BCUT2D eigenvalue weighted by molar-refractivity contribution is 1.18. The molecule has 68 heavy (non-hydrogen) atoms. The third kappa shape index (κ3) is 6.57. The summed E-state index contributed by atoms with van der Waals surface area (Å²) in [7, 11) is 0.